The molecule has 0 atom stereocenters. The number of nitrogens with one attached hydrogen (secondary N) is 1. The molecule has 0 spiro atoms. The molecule has 8 heteroatoms. The van der Waals surface area contributed by atoms with E-state index in [1.807, 2.05) is 24.3 Å². The maximum atomic E-state index is 12.2. The first-order valence-electron chi connectivity index (χ1n) is 9.71. The average molecular weight is 423 g/mol. The number of carbonyl (C=O) groups is 1. The van der Waals surface area contributed by atoms with Gasteiger partial charge in [0.1, 0.15) is 6.54 Å². The fraction of sp³-hybridized carbons (Fsp3) is 0.227. The maximum absolute atomic E-state index is 12.2. The molecule has 0 saturated carbocycles. The first-order chi connectivity index (χ1) is 14.5. The summed E-state index contributed by atoms with van der Waals surface area (Å²) < 4.78 is 2.21. The number of anilines is 2. The third kappa shape index (κ3) is 4.04. The highest BCUT2D eigenvalue weighted by molar-refractivity contribution is 7.99. The van der Waals surface area contributed by atoms with Gasteiger partial charge in [0, 0.05) is 42.2 Å². The molecule has 1 aliphatic rings. The fourth-order valence-electron chi connectivity index (χ4n) is 3.43. The normalized spacial score (nSPS) is 12.2. The molecule has 2 aromatic carbocycles. The number of benzene rings is 2. The summed E-state index contributed by atoms with van der Waals surface area (Å²) in [4.78, 5) is 40.4. The van der Waals surface area contributed by atoms with Crippen LogP contribution in [0.25, 0.3) is 0 Å². The van der Waals surface area contributed by atoms with Crippen molar-refractivity contribution in [2.24, 2.45) is 7.05 Å². The van der Waals surface area contributed by atoms with E-state index < -0.39 is 11.2 Å². The molecule has 1 aromatic heterocycles. The van der Waals surface area contributed by atoms with Gasteiger partial charge < -0.3 is 10.2 Å². The molecule has 7 nitrogen and oxygen atoms in total. The number of carbonyl (C=O) groups excluding carboxylic acids is 1. The van der Waals surface area contributed by atoms with E-state index in [0.29, 0.717) is 6.54 Å². The van der Waals surface area contributed by atoms with Gasteiger partial charge in [-0.3, -0.25) is 18.7 Å². The molecule has 1 aliphatic heterocycles. The minimum Gasteiger partial charge on any atom is -0.354 e. The van der Waals surface area contributed by atoms with Gasteiger partial charge in [0.25, 0.3) is 5.56 Å². The Morgan fingerprint density at radius 2 is 1.60 bits per heavy atom. The molecule has 0 bridgehead atoms. The van der Waals surface area contributed by atoms with Crippen LogP contribution in [0.5, 0.6) is 0 Å². The summed E-state index contributed by atoms with van der Waals surface area (Å²) in [5.41, 5.74) is 1.45. The largest absolute Gasteiger partial charge is 0.354 e. The molecule has 30 heavy (non-hydrogen) atoms. The van der Waals surface area contributed by atoms with Crippen LogP contribution in [-0.2, 0) is 18.4 Å². The Kier molecular flexibility index (Phi) is 5.76. The summed E-state index contributed by atoms with van der Waals surface area (Å²) >= 11 is 1.77. The Bertz CT molecular complexity index is 1160. The summed E-state index contributed by atoms with van der Waals surface area (Å²) in [6.07, 6.45) is 2.10. The molecule has 0 unspecified atom stereocenters. The Hall–Kier alpha value is -3.26. The molecular formula is C22H22N4O3S. The van der Waals surface area contributed by atoms with Crippen LogP contribution in [0.2, 0.25) is 0 Å². The maximum Gasteiger partial charge on any atom is 0.331 e. The van der Waals surface area contributed by atoms with Crippen LogP contribution in [0.1, 0.15) is 6.42 Å². The average Bonchev–Trinajstić information content (AvgIpc) is 2.76. The van der Waals surface area contributed by atoms with Crippen molar-refractivity contribution >= 4 is 29.0 Å². The van der Waals surface area contributed by atoms with Crippen LogP contribution < -0.4 is 21.5 Å². The zero-order chi connectivity index (χ0) is 21.1. The number of aromatic nitrogens is 2. The van der Waals surface area contributed by atoms with Crippen molar-refractivity contribution in [1.29, 1.82) is 0 Å². The molecule has 1 amide bonds. The second-order valence-electron chi connectivity index (χ2n) is 7.02. The topological polar surface area (TPSA) is 76.3 Å². The molecular weight excluding hydrogens is 400 g/mol. The molecule has 0 aliphatic carbocycles. The number of nitrogens with zero attached hydrogens (tertiary/aromatic N) is 3. The van der Waals surface area contributed by atoms with Crippen LogP contribution in [0.4, 0.5) is 11.4 Å². The van der Waals surface area contributed by atoms with E-state index in [-0.39, 0.29) is 12.5 Å². The van der Waals surface area contributed by atoms with Crippen molar-refractivity contribution in [3.05, 3.63) is 81.6 Å². The quantitative estimate of drug-likeness (QED) is 0.617. The van der Waals surface area contributed by atoms with Crippen LogP contribution in [0.15, 0.2) is 80.2 Å². The van der Waals surface area contributed by atoms with Gasteiger partial charge in [0.05, 0.1) is 11.4 Å². The Morgan fingerprint density at radius 3 is 2.27 bits per heavy atom. The van der Waals surface area contributed by atoms with Crippen LogP contribution in [0, 0.1) is 0 Å². The highest BCUT2D eigenvalue weighted by atomic mass is 32.2. The Balaban J connectivity index is 1.37. The molecule has 0 radical (unpaired) electrons. The molecule has 154 valence electrons. The smallest absolute Gasteiger partial charge is 0.331 e. The van der Waals surface area contributed by atoms with E-state index in [0.717, 1.165) is 17.5 Å². The lowest BCUT2D eigenvalue weighted by atomic mass is 10.2. The number of rotatable bonds is 6. The zero-order valence-corrected chi connectivity index (χ0v) is 17.4. The highest BCUT2D eigenvalue weighted by Gasteiger charge is 2.22. The second kappa shape index (κ2) is 8.62. The molecule has 4 rings (SSSR count). The van der Waals surface area contributed by atoms with Crippen molar-refractivity contribution in [3.8, 4) is 0 Å². The monoisotopic (exact) mass is 422 g/mol. The molecule has 2 heterocycles. The fourth-order valence-corrected chi connectivity index (χ4v) is 4.53. The summed E-state index contributed by atoms with van der Waals surface area (Å²) in [5.74, 6) is -0.259. The predicted octanol–water partition coefficient (Wildman–Crippen LogP) is 2.36. The number of hydrogen-bond acceptors (Lipinski definition) is 5. The van der Waals surface area contributed by atoms with Crippen LogP contribution in [-0.4, -0.2) is 28.1 Å². The summed E-state index contributed by atoms with van der Waals surface area (Å²) in [6.45, 7) is 1.14. The van der Waals surface area contributed by atoms with Gasteiger partial charge in [-0.15, -0.1) is 0 Å². The van der Waals surface area contributed by atoms with E-state index in [9.17, 15) is 14.4 Å². The standard InChI is InChI=1S/C22H22N4O3S/c1-24-21(28)11-14-25(22(24)29)15-20(27)23-12-6-13-26-16-7-2-4-9-18(16)30-19-10-5-3-8-17(19)26/h2-5,7-11,14H,6,12-13,15H2,1H3,(H,23,27). The Morgan fingerprint density at radius 1 is 0.967 bits per heavy atom. The van der Waals surface area contributed by atoms with E-state index >= 15 is 0 Å². The first kappa shape index (κ1) is 20.0. The van der Waals surface area contributed by atoms with E-state index in [2.05, 4.69) is 34.5 Å². The van der Waals surface area contributed by atoms with Gasteiger partial charge in [-0.05, 0) is 30.7 Å². The molecule has 1 N–H and O–H groups in total. The van der Waals surface area contributed by atoms with Gasteiger partial charge in [-0.2, -0.15) is 0 Å². The van der Waals surface area contributed by atoms with Gasteiger partial charge in [-0.1, -0.05) is 36.0 Å². The van der Waals surface area contributed by atoms with Gasteiger partial charge >= 0.3 is 5.69 Å². The molecule has 0 saturated heterocycles. The molecule has 0 fully saturated rings. The lowest BCUT2D eigenvalue weighted by Crippen LogP contribution is -2.40. The van der Waals surface area contributed by atoms with Gasteiger partial charge in [-0.25, -0.2) is 4.79 Å². The number of fused-ring (bicyclic) bond motifs is 2. The third-order valence-electron chi connectivity index (χ3n) is 4.99. The highest BCUT2D eigenvalue weighted by Crippen LogP contribution is 2.47. The Labute approximate surface area is 178 Å². The number of amides is 1. The van der Waals surface area contributed by atoms with Crippen molar-refractivity contribution in [2.75, 3.05) is 18.0 Å². The van der Waals surface area contributed by atoms with Gasteiger partial charge in [0.15, 0.2) is 0 Å². The third-order valence-corrected chi connectivity index (χ3v) is 6.12. The van der Waals surface area contributed by atoms with Crippen LogP contribution in [0.3, 0.4) is 0 Å². The van der Waals surface area contributed by atoms with E-state index in [1.165, 1.54) is 45.0 Å². The van der Waals surface area contributed by atoms with Crippen molar-refractivity contribution in [2.45, 2.75) is 22.8 Å². The predicted molar refractivity (Wildman–Crippen MR) is 118 cm³/mol. The van der Waals surface area contributed by atoms with Gasteiger partial charge in [0.2, 0.25) is 5.91 Å². The lowest BCUT2D eigenvalue weighted by Gasteiger charge is -2.32. The zero-order valence-electron chi connectivity index (χ0n) is 16.6. The summed E-state index contributed by atoms with van der Waals surface area (Å²) in [5, 5.41) is 2.86. The van der Waals surface area contributed by atoms with E-state index in [1.54, 1.807) is 11.8 Å². The molecule has 3 aromatic rings. The van der Waals surface area contributed by atoms with Crippen molar-refractivity contribution in [3.63, 3.8) is 0 Å². The first-order valence-corrected chi connectivity index (χ1v) is 10.5. The summed E-state index contributed by atoms with van der Waals surface area (Å²) in [6, 6.07) is 17.9. The van der Waals surface area contributed by atoms with Crippen LogP contribution >= 0.6 is 11.8 Å². The second-order valence-corrected chi connectivity index (χ2v) is 8.10. The number of hydrogen-bond donors (Lipinski definition) is 1. The van der Waals surface area contributed by atoms with Crippen molar-refractivity contribution < 1.29 is 4.79 Å². The SMILES string of the molecule is Cn1c(=O)ccn(CC(=O)NCCCN2c3ccccc3Sc3ccccc32)c1=O. The number of para-hydroxylation sites is 2. The minimum absolute atomic E-state index is 0.112. The minimum atomic E-state index is -0.503. The summed E-state index contributed by atoms with van der Waals surface area (Å²) in [7, 11) is 1.39. The van der Waals surface area contributed by atoms with Crippen molar-refractivity contribution in [1.82, 2.24) is 14.5 Å². The van der Waals surface area contributed by atoms with E-state index in [4.69, 9.17) is 0 Å². The lowest BCUT2D eigenvalue weighted by molar-refractivity contribution is -0.121.